The summed E-state index contributed by atoms with van der Waals surface area (Å²) >= 11 is 0. The predicted molar refractivity (Wildman–Crippen MR) is 107 cm³/mol. The number of benzene rings is 1. The largest absolute Gasteiger partial charge is 0.492 e. The van der Waals surface area contributed by atoms with Crippen LogP contribution in [0, 0.1) is 5.92 Å². The molecule has 0 atom stereocenters. The SMILES string of the molecule is CCOc1ccc(NC(=O)COCCC(C)C)cc1S(=O)(=O)N(CC)CC. The minimum atomic E-state index is -3.72. The first-order chi connectivity index (χ1) is 12.8. The maximum Gasteiger partial charge on any atom is 0.250 e. The molecule has 0 unspecified atom stereocenters. The Hall–Kier alpha value is -1.64. The second-order valence-corrected chi connectivity index (χ2v) is 8.37. The lowest BCUT2D eigenvalue weighted by atomic mass is 10.1. The molecule has 0 saturated heterocycles. The van der Waals surface area contributed by atoms with Crippen LogP contribution in [-0.2, 0) is 19.6 Å². The van der Waals surface area contributed by atoms with Gasteiger partial charge in [0, 0.05) is 25.4 Å². The van der Waals surface area contributed by atoms with Crippen molar-refractivity contribution in [2.24, 2.45) is 5.92 Å². The van der Waals surface area contributed by atoms with Gasteiger partial charge in [0.15, 0.2) is 0 Å². The molecule has 1 rings (SSSR count). The smallest absolute Gasteiger partial charge is 0.250 e. The highest BCUT2D eigenvalue weighted by Crippen LogP contribution is 2.30. The standard InChI is InChI=1S/C19H32N2O5S/c1-6-21(7-2)27(23,24)18-13-16(9-10-17(18)26-8-3)20-19(22)14-25-12-11-15(4)5/h9-10,13,15H,6-8,11-12,14H2,1-5H3,(H,20,22). The van der Waals surface area contributed by atoms with Gasteiger partial charge in [-0.3, -0.25) is 4.79 Å². The Morgan fingerprint density at radius 3 is 2.41 bits per heavy atom. The quantitative estimate of drug-likeness (QED) is 0.545. The zero-order chi connectivity index (χ0) is 20.4. The van der Waals surface area contributed by atoms with Gasteiger partial charge in [-0.05, 0) is 37.5 Å². The van der Waals surface area contributed by atoms with E-state index in [1.165, 1.54) is 10.4 Å². The number of hydrogen-bond acceptors (Lipinski definition) is 5. The lowest BCUT2D eigenvalue weighted by molar-refractivity contribution is -0.120. The highest BCUT2D eigenvalue weighted by Gasteiger charge is 2.26. The summed E-state index contributed by atoms with van der Waals surface area (Å²) in [5.41, 5.74) is 0.390. The van der Waals surface area contributed by atoms with Gasteiger partial charge < -0.3 is 14.8 Å². The van der Waals surface area contributed by atoms with Crippen LogP contribution in [0.5, 0.6) is 5.75 Å². The van der Waals surface area contributed by atoms with E-state index < -0.39 is 10.0 Å². The van der Waals surface area contributed by atoms with Crippen molar-refractivity contribution >= 4 is 21.6 Å². The predicted octanol–water partition coefficient (Wildman–Crippen LogP) is 3.12. The first-order valence-electron chi connectivity index (χ1n) is 9.40. The van der Waals surface area contributed by atoms with E-state index in [9.17, 15) is 13.2 Å². The topological polar surface area (TPSA) is 84.9 Å². The second-order valence-electron chi connectivity index (χ2n) is 6.47. The molecule has 0 aliphatic rings. The van der Waals surface area contributed by atoms with Crippen molar-refractivity contribution in [2.75, 3.05) is 38.2 Å². The van der Waals surface area contributed by atoms with Crippen LogP contribution in [0.2, 0.25) is 0 Å². The number of amides is 1. The lowest BCUT2D eigenvalue weighted by Gasteiger charge is -2.21. The van der Waals surface area contributed by atoms with E-state index in [1.54, 1.807) is 32.9 Å². The number of carbonyl (C=O) groups is 1. The Labute approximate surface area is 163 Å². The lowest BCUT2D eigenvalue weighted by Crippen LogP contribution is -2.31. The van der Waals surface area contributed by atoms with Crippen LogP contribution >= 0.6 is 0 Å². The zero-order valence-corrected chi connectivity index (χ0v) is 17.8. The number of nitrogens with zero attached hydrogens (tertiary/aromatic N) is 1. The van der Waals surface area contributed by atoms with Gasteiger partial charge in [0.2, 0.25) is 15.9 Å². The van der Waals surface area contributed by atoms with Crippen LogP contribution in [0.25, 0.3) is 0 Å². The van der Waals surface area contributed by atoms with Crippen molar-refractivity contribution in [3.63, 3.8) is 0 Å². The molecule has 1 aromatic rings. The van der Waals surface area contributed by atoms with Crippen LogP contribution in [-0.4, -0.2) is 51.5 Å². The normalized spacial score (nSPS) is 11.8. The Morgan fingerprint density at radius 2 is 1.85 bits per heavy atom. The van der Waals surface area contributed by atoms with Gasteiger partial charge >= 0.3 is 0 Å². The molecule has 0 heterocycles. The highest BCUT2D eigenvalue weighted by molar-refractivity contribution is 7.89. The fourth-order valence-corrected chi connectivity index (χ4v) is 4.06. The second kappa shape index (κ2) is 11.3. The molecule has 0 spiro atoms. The van der Waals surface area contributed by atoms with E-state index in [1.807, 2.05) is 0 Å². The van der Waals surface area contributed by atoms with E-state index in [0.29, 0.717) is 37.9 Å². The Morgan fingerprint density at radius 1 is 1.19 bits per heavy atom. The summed E-state index contributed by atoms with van der Waals surface area (Å²) in [7, 11) is -3.72. The molecule has 1 aromatic carbocycles. The van der Waals surface area contributed by atoms with E-state index >= 15 is 0 Å². The third kappa shape index (κ3) is 7.12. The maximum atomic E-state index is 12.9. The molecule has 1 amide bonds. The van der Waals surface area contributed by atoms with Crippen LogP contribution in [0.15, 0.2) is 23.1 Å². The first-order valence-corrected chi connectivity index (χ1v) is 10.8. The summed E-state index contributed by atoms with van der Waals surface area (Å²) in [6.45, 7) is 11.0. The summed E-state index contributed by atoms with van der Waals surface area (Å²) in [4.78, 5) is 12.1. The fraction of sp³-hybridized carbons (Fsp3) is 0.632. The average Bonchev–Trinajstić information content (AvgIpc) is 2.61. The molecule has 0 aromatic heterocycles. The molecule has 27 heavy (non-hydrogen) atoms. The number of hydrogen-bond donors (Lipinski definition) is 1. The van der Waals surface area contributed by atoms with E-state index in [-0.39, 0.29) is 23.2 Å². The number of rotatable bonds is 12. The van der Waals surface area contributed by atoms with Crippen molar-refractivity contribution in [1.29, 1.82) is 0 Å². The molecule has 0 saturated carbocycles. The Kier molecular flexibility index (Phi) is 9.76. The van der Waals surface area contributed by atoms with Gasteiger partial charge in [-0.15, -0.1) is 0 Å². The van der Waals surface area contributed by atoms with Gasteiger partial charge in [0.25, 0.3) is 0 Å². The summed E-state index contributed by atoms with van der Waals surface area (Å²) in [6.07, 6.45) is 0.878. The van der Waals surface area contributed by atoms with Crippen molar-refractivity contribution in [3.05, 3.63) is 18.2 Å². The van der Waals surface area contributed by atoms with Crippen LogP contribution < -0.4 is 10.1 Å². The molecule has 1 N–H and O–H groups in total. The first kappa shape index (κ1) is 23.4. The van der Waals surface area contributed by atoms with Crippen molar-refractivity contribution < 1.29 is 22.7 Å². The molecule has 0 aliphatic carbocycles. The summed E-state index contributed by atoms with van der Waals surface area (Å²) in [6, 6.07) is 4.62. The molecular formula is C19H32N2O5S. The van der Waals surface area contributed by atoms with Crippen molar-refractivity contribution in [2.45, 2.75) is 45.9 Å². The van der Waals surface area contributed by atoms with E-state index in [0.717, 1.165) is 6.42 Å². The minimum Gasteiger partial charge on any atom is -0.492 e. The highest BCUT2D eigenvalue weighted by atomic mass is 32.2. The molecule has 7 nitrogen and oxygen atoms in total. The van der Waals surface area contributed by atoms with Crippen LogP contribution in [0.4, 0.5) is 5.69 Å². The monoisotopic (exact) mass is 400 g/mol. The number of carbonyl (C=O) groups excluding carboxylic acids is 1. The van der Waals surface area contributed by atoms with Gasteiger partial charge in [0.1, 0.15) is 17.3 Å². The number of ether oxygens (including phenoxy) is 2. The maximum absolute atomic E-state index is 12.9. The summed E-state index contributed by atoms with van der Waals surface area (Å²) in [5, 5.41) is 2.68. The third-order valence-electron chi connectivity index (χ3n) is 3.92. The average molecular weight is 401 g/mol. The van der Waals surface area contributed by atoms with Gasteiger partial charge in [-0.25, -0.2) is 8.42 Å². The van der Waals surface area contributed by atoms with Gasteiger partial charge in [-0.2, -0.15) is 4.31 Å². The van der Waals surface area contributed by atoms with Crippen molar-refractivity contribution in [3.8, 4) is 5.75 Å². The Balaban J connectivity index is 2.96. The van der Waals surface area contributed by atoms with E-state index in [2.05, 4.69) is 19.2 Å². The summed E-state index contributed by atoms with van der Waals surface area (Å²) < 4.78 is 38.0. The minimum absolute atomic E-state index is 0.0478. The molecule has 0 aliphatic heterocycles. The fourth-order valence-electron chi connectivity index (χ4n) is 2.45. The number of anilines is 1. The number of nitrogens with one attached hydrogen (secondary N) is 1. The van der Waals surface area contributed by atoms with E-state index in [4.69, 9.17) is 9.47 Å². The molecule has 8 heteroatoms. The van der Waals surface area contributed by atoms with Gasteiger partial charge in [0.05, 0.1) is 6.61 Å². The number of sulfonamides is 1. The Bertz CT molecular complexity index is 700. The third-order valence-corrected chi connectivity index (χ3v) is 5.99. The molecular weight excluding hydrogens is 368 g/mol. The van der Waals surface area contributed by atoms with Crippen molar-refractivity contribution in [1.82, 2.24) is 4.31 Å². The molecule has 0 radical (unpaired) electrons. The van der Waals surface area contributed by atoms with Crippen LogP contribution in [0.3, 0.4) is 0 Å². The molecule has 0 fully saturated rings. The summed E-state index contributed by atoms with van der Waals surface area (Å²) in [5.74, 6) is 0.455. The molecule has 154 valence electrons. The zero-order valence-electron chi connectivity index (χ0n) is 16.9. The van der Waals surface area contributed by atoms with Gasteiger partial charge in [-0.1, -0.05) is 27.7 Å². The molecule has 0 bridgehead atoms. The van der Waals surface area contributed by atoms with Crippen LogP contribution in [0.1, 0.15) is 41.0 Å².